The van der Waals surface area contributed by atoms with Crippen molar-refractivity contribution in [2.45, 2.75) is 397 Å². The van der Waals surface area contributed by atoms with Crippen molar-refractivity contribution in [3.8, 4) is 16.9 Å². The average Bonchev–Trinajstić information content (AvgIpc) is 0.766. The SMILES string of the molecule is C.C.C/C1=C/CC(/C(C)=C/c2csc(C)n2)OC(=O)CC(O[Si](C)(C)C(C)(C)C)C(C)(C)C(=O)C(C)C(C)C(C)CCC1.C=CCC(OC(=O)CC(O[Si](C)(C)C(C)(C)C)C(C)(C)C(=O)C(C)C(C)C(C)CCCC(=C)C)/C(C)=C/c1csc(C)n1.Cc1c(F)cc2c(c1-c1c(O)c(F)cc3c1CCCC3)CCCC2.Cc1ccc(C)[n-]1.Cc1cccc(C)c1[N]=[Mo]=[CH]C(C)(C)c1ccccc1. The first kappa shape index (κ1) is 122. The summed E-state index contributed by atoms with van der Waals surface area (Å²) in [6.45, 7) is 77.3. The van der Waals surface area contributed by atoms with Gasteiger partial charge in [0.15, 0.2) is 28.2 Å². The molecule has 10 atom stereocenters. The number of benzene rings is 4. The van der Waals surface area contributed by atoms with Crippen molar-refractivity contribution in [1.29, 1.82) is 0 Å². The van der Waals surface area contributed by atoms with Gasteiger partial charge < -0.3 is 28.4 Å². The second-order valence-electron chi connectivity index (χ2n) is 43.9. The molecule has 760 valence electrons. The Morgan fingerprint density at radius 3 is 1.77 bits per heavy atom. The Hall–Kier alpha value is -7.23. The molecule has 10 rings (SSSR count). The summed E-state index contributed by atoms with van der Waals surface area (Å²) in [5.74, 6) is -0.561. The van der Waals surface area contributed by atoms with Crippen LogP contribution in [-0.4, -0.2) is 84.0 Å². The molecule has 4 heterocycles. The van der Waals surface area contributed by atoms with Crippen molar-refractivity contribution in [1.82, 2.24) is 15.0 Å². The Kier molecular flexibility index (Phi) is 48.4. The summed E-state index contributed by atoms with van der Waals surface area (Å²) in [6.07, 6.45) is 21.0. The number of aromatic nitrogens is 3. The molecule has 0 saturated carbocycles. The molecule has 3 aromatic heterocycles. The molecule has 0 amide bonds. The summed E-state index contributed by atoms with van der Waals surface area (Å²) in [6, 6.07) is 24.2. The molecule has 1 N–H and O–H groups in total. The maximum absolute atomic E-state index is 14.5. The zero-order chi connectivity index (χ0) is 101. The fourth-order valence-corrected chi connectivity index (χ4v) is 23.6. The predicted molar refractivity (Wildman–Crippen MR) is 580 cm³/mol. The van der Waals surface area contributed by atoms with Crippen LogP contribution in [0, 0.1) is 106 Å². The van der Waals surface area contributed by atoms with Crippen LogP contribution in [0.25, 0.3) is 23.3 Å². The van der Waals surface area contributed by atoms with Crippen LogP contribution in [0.4, 0.5) is 14.5 Å². The van der Waals surface area contributed by atoms with E-state index in [0.717, 1.165) is 162 Å². The van der Waals surface area contributed by atoms with Crippen molar-refractivity contribution >= 4 is 85.1 Å². The standard InChI is InChI=1S/C36H61NO4SSi.C34H57NO4SSi.C21H22F2O.C10H12.C8H9N.C6H8N.2CH4.Mo/c1-16-18-31(26(5)21-30-23-42-29(8)37-30)40-33(38)22-32(41-43(14,15)35(9,10)11)36(12,13)34(39)28(7)27(6)25(4)20-17-19-24(2)3;1-22-15-14-16-23(2)25(4)26(5)32(37)34(10,11)30(39-41(12,13)33(7,8)9)20-31(36)38-29(18-17-22)24(3)19-28-21-40-27(6)35-28;1-12-17(22)10-13-6-2-4-8-15(13)19(12)20-16-9-5-3-7-14(16)11-18(23)21(20)24;1-10(2,3)9-7-5-4-6-8-9;1-6-4-3-5-7(2)8(6)9;1-5-3-4-6(2)7-5;;;/h16,21,23,25,27-28,31-32H,1-2,17-20,22H2,3-15H3;17,19,21,23,25-26,29-30H,14-16,18,20H2,1-13H3;10-11,24H,2-9H2,1H3;1,4-8H,2-3H3;3-5H,1-2H3;3-4H,1-2H3;2*1H4;/q;;;;;-1;;;/b26-21+;22-17-,24-19+;;;;;;;. The fraction of sp³-hybridized carbons (Fsp3) is 0.581. The number of nitrogens with zero attached hydrogens (tertiary/aromatic N) is 4. The monoisotopic (exact) mass is 2040 g/mol. The van der Waals surface area contributed by atoms with E-state index in [-0.39, 0.29) is 102 Å². The first-order chi connectivity index (χ1) is 62.8. The Morgan fingerprint density at radius 1 is 0.723 bits per heavy atom. The van der Waals surface area contributed by atoms with Gasteiger partial charge in [-0.25, -0.2) is 18.7 Å². The van der Waals surface area contributed by atoms with Gasteiger partial charge in [0.25, 0.3) is 0 Å². The van der Waals surface area contributed by atoms with Gasteiger partial charge in [0.2, 0.25) is 0 Å². The molecule has 0 saturated heterocycles. The van der Waals surface area contributed by atoms with Crippen LogP contribution in [-0.2, 0) is 86.5 Å². The first-order valence-corrected chi connectivity index (χ1v) is 59.1. The third-order valence-corrected chi connectivity index (χ3v) is 42.4. The second-order valence-corrected chi connectivity index (χ2v) is 57.1. The number of phenols is 1. The first-order valence-electron chi connectivity index (χ1n) is 49.5. The number of Topliss-reactive ketones (excluding diaryl/α,β-unsaturated/α-hetero) is 2. The van der Waals surface area contributed by atoms with Gasteiger partial charge in [-0.05, 0) is 254 Å². The number of ketones is 2. The number of aryl methyl sites for hydroxylation is 8. The van der Waals surface area contributed by atoms with Gasteiger partial charge in [-0.15, -0.1) is 35.8 Å². The van der Waals surface area contributed by atoms with E-state index in [2.05, 4.69) is 231 Å². The van der Waals surface area contributed by atoms with Crippen LogP contribution in [0.2, 0.25) is 36.3 Å². The summed E-state index contributed by atoms with van der Waals surface area (Å²) in [5, 5.41) is 16.4. The molecule has 0 fully saturated rings. The zero-order valence-corrected chi connectivity index (χ0v) is 94.5. The Morgan fingerprint density at radius 2 is 1.26 bits per heavy atom. The van der Waals surface area contributed by atoms with Gasteiger partial charge in [0.1, 0.15) is 29.6 Å². The molecular formula is C117H177F2MoN4O9S2Si2-. The number of carbonyl (C=O) groups is 4. The number of hydrogen-bond donors (Lipinski definition) is 1. The van der Waals surface area contributed by atoms with E-state index < -0.39 is 75.6 Å². The Balaban J connectivity index is 0.000000383. The molecule has 20 heteroatoms. The van der Waals surface area contributed by atoms with Gasteiger partial charge in [0, 0.05) is 51.8 Å². The summed E-state index contributed by atoms with van der Waals surface area (Å²) in [4.78, 5) is 68.9. The molecule has 1 aliphatic heterocycles. The van der Waals surface area contributed by atoms with E-state index in [1.807, 2.05) is 111 Å². The number of thiazole rings is 2. The van der Waals surface area contributed by atoms with Crippen molar-refractivity contribution in [3.05, 3.63) is 220 Å². The number of phenolic OH excluding ortho intramolecular Hbond substituents is 1. The molecule has 13 nitrogen and oxygen atoms in total. The zero-order valence-electron chi connectivity index (χ0n) is 88.9. The van der Waals surface area contributed by atoms with Crippen LogP contribution >= 0.6 is 22.7 Å². The minimum atomic E-state index is -2.33. The number of carbonyl (C=O) groups excluding carboxylic acids is 4. The summed E-state index contributed by atoms with van der Waals surface area (Å²) >= 11 is 2.70. The van der Waals surface area contributed by atoms with Gasteiger partial charge in [-0.2, -0.15) is 11.4 Å². The van der Waals surface area contributed by atoms with Crippen molar-refractivity contribution in [3.63, 3.8) is 0 Å². The molecule has 7 aromatic rings. The van der Waals surface area contributed by atoms with E-state index >= 15 is 0 Å². The molecule has 10 unspecified atom stereocenters. The van der Waals surface area contributed by atoms with Crippen molar-refractivity contribution in [2.24, 2.45) is 49.8 Å². The number of allylic oxidation sites excluding steroid dienone is 2. The summed E-state index contributed by atoms with van der Waals surface area (Å²) in [7, 11) is -4.63. The number of esters is 2. The molecule has 0 spiro atoms. The number of fused-ring (bicyclic) bond motifs is 2. The van der Waals surface area contributed by atoms with Crippen LogP contribution in [0.3, 0.4) is 0 Å². The number of ether oxygens (including phenoxy) is 2. The van der Waals surface area contributed by atoms with Crippen molar-refractivity contribution < 1.29 is 69.3 Å². The molecule has 0 bridgehead atoms. The number of halogens is 2. The van der Waals surface area contributed by atoms with E-state index in [1.165, 1.54) is 39.6 Å². The van der Waals surface area contributed by atoms with Crippen LogP contribution in [0.1, 0.15) is 334 Å². The van der Waals surface area contributed by atoms with Gasteiger partial charge in [0.05, 0.1) is 46.5 Å². The van der Waals surface area contributed by atoms with E-state index in [9.17, 15) is 33.1 Å². The topological polar surface area (TPSA) is 178 Å². The number of rotatable bonds is 26. The van der Waals surface area contributed by atoms with E-state index in [1.54, 1.807) is 41.7 Å². The van der Waals surface area contributed by atoms with Crippen LogP contribution in [0.5, 0.6) is 5.75 Å². The number of aromatic hydroxyl groups is 1. The summed E-state index contributed by atoms with van der Waals surface area (Å²) in [5.41, 5.74) is 17.8. The molecule has 0 radical (unpaired) electrons. The molecule has 137 heavy (non-hydrogen) atoms. The number of cyclic esters (lactones) is 1. The van der Waals surface area contributed by atoms with Gasteiger partial charge in [-0.1, -0.05) is 188 Å². The van der Waals surface area contributed by atoms with Crippen LogP contribution < -0.4 is 4.98 Å². The fourth-order valence-electron chi connectivity index (χ4n) is 17.5. The normalized spacial score (nSPS) is 19.1. The Labute approximate surface area is 847 Å². The minimum absolute atomic E-state index is 0. The molecule has 4 aromatic carbocycles. The number of hydrogen-bond acceptors (Lipinski definition) is 14. The predicted octanol–water partition coefficient (Wildman–Crippen LogP) is 32.9. The van der Waals surface area contributed by atoms with E-state index in [4.69, 9.17) is 21.8 Å². The average molecular weight is 2040 g/mol. The summed E-state index contributed by atoms with van der Waals surface area (Å²) < 4.78 is 62.3. The second kappa shape index (κ2) is 54.3. The Bertz CT molecular complexity index is 5190. The van der Waals surface area contributed by atoms with Gasteiger partial charge >= 0.3 is 142 Å². The van der Waals surface area contributed by atoms with Gasteiger partial charge in [-0.3, -0.25) is 19.2 Å². The molecular weight excluding hydrogens is 1860 g/mol. The third kappa shape index (κ3) is 35.7. The molecule has 2 aliphatic carbocycles. The maximum atomic E-state index is 14.5. The van der Waals surface area contributed by atoms with Crippen LogP contribution in [0.15, 0.2) is 135 Å². The molecule has 3 aliphatic rings. The third-order valence-electron chi connectivity index (χ3n) is 29.5. The van der Waals surface area contributed by atoms with Crippen molar-refractivity contribution in [2.75, 3.05) is 0 Å². The van der Waals surface area contributed by atoms with E-state index in [0.29, 0.717) is 35.8 Å². The quantitative estimate of drug-likeness (QED) is 0.0309.